The molecule has 144 valence electrons. The number of nitrogens with one attached hydrogen (secondary N) is 1. The minimum atomic E-state index is -0.264. The first-order valence-corrected chi connectivity index (χ1v) is 9.83. The third kappa shape index (κ3) is 4.60. The van der Waals surface area contributed by atoms with Crippen molar-refractivity contribution in [3.8, 4) is 0 Å². The summed E-state index contributed by atoms with van der Waals surface area (Å²) in [5.41, 5.74) is -0.961. The van der Waals surface area contributed by atoms with E-state index in [4.69, 9.17) is 9.31 Å². The van der Waals surface area contributed by atoms with Crippen molar-refractivity contribution in [2.24, 2.45) is 17.3 Å². The van der Waals surface area contributed by atoms with E-state index in [0.717, 1.165) is 25.6 Å². The number of rotatable bonds is 4. The van der Waals surface area contributed by atoms with Gasteiger partial charge in [0.15, 0.2) is 0 Å². The smallest absolute Gasteiger partial charge is 0.403 e. The molecule has 1 aliphatic carbocycles. The van der Waals surface area contributed by atoms with Crippen LogP contribution in [0.25, 0.3) is 0 Å². The summed E-state index contributed by atoms with van der Waals surface area (Å²) in [7, 11) is -0.132. The van der Waals surface area contributed by atoms with Gasteiger partial charge in [-0.1, -0.05) is 20.3 Å². The molecule has 5 heteroatoms. The van der Waals surface area contributed by atoms with E-state index < -0.39 is 0 Å². The van der Waals surface area contributed by atoms with E-state index in [9.17, 15) is 4.79 Å². The van der Waals surface area contributed by atoms with E-state index in [1.807, 2.05) is 20.8 Å². The maximum absolute atomic E-state index is 12.7. The van der Waals surface area contributed by atoms with Gasteiger partial charge in [-0.3, -0.25) is 4.79 Å². The molecule has 1 heterocycles. The number of amides is 1. The molecule has 2 fully saturated rings. The SMILES string of the molecule is C[C@H]1C[C@@](C)(C(=O)NC(C)(C)C)C[C@@H]1CCB1OC(C)(C)C(C)(C)O1. The largest absolute Gasteiger partial charge is 0.457 e. The second-order valence-corrected chi connectivity index (χ2v) is 10.7. The highest BCUT2D eigenvalue weighted by atomic mass is 16.7. The molecule has 25 heavy (non-hydrogen) atoms. The molecule has 1 amide bonds. The lowest BCUT2D eigenvalue weighted by molar-refractivity contribution is -0.131. The molecule has 4 nitrogen and oxygen atoms in total. The summed E-state index contributed by atoms with van der Waals surface area (Å²) in [6.45, 7) is 18.9. The highest BCUT2D eigenvalue weighted by Gasteiger charge is 2.51. The number of hydrogen-bond acceptors (Lipinski definition) is 3. The lowest BCUT2D eigenvalue weighted by Gasteiger charge is -2.32. The lowest BCUT2D eigenvalue weighted by Crippen LogP contribution is -2.47. The van der Waals surface area contributed by atoms with Gasteiger partial charge in [0.2, 0.25) is 5.91 Å². The van der Waals surface area contributed by atoms with Crippen LogP contribution in [0.15, 0.2) is 0 Å². The molecule has 1 N–H and O–H groups in total. The molecule has 0 aromatic rings. The van der Waals surface area contributed by atoms with Gasteiger partial charge in [-0.05, 0) is 79.5 Å². The fraction of sp³-hybridized carbons (Fsp3) is 0.950. The molecule has 0 aromatic heterocycles. The van der Waals surface area contributed by atoms with Gasteiger partial charge in [0.25, 0.3) is 0 Å². The van der Waals surface area contributed by atoms with Crippen LogP contribution in [0.3, 0.4) is 0 Å². The summed E-state index contributed by atoms with van der Waals surface area (Å²) >= 11 is 0. The number of hydrogen-bond donors (Lipinski definition) is 1. The van der Waals surface area contributed by atoms with Crippen molar-refractivity contribution in [3.63, 3.8) is 0 Å². The zero-order chi connectivity index (χ0) is 19.3. The van der Waals surface area contributed by atoms with Gasteiger partial charge < -0.3 is 14.6 Å². The quantitative estimate of drug-likeness (QED) is 0.762. The Balaban J connectivity index is 1.91. The van der Waals surface area contributed by atoms with Crippen LogP contribution < -0.4 is 5.32 Å². The second kappa shape index (κ2) is 6.56. The Hall–Kier alpha value is -0.545. The standard InChI is InChI=1S/C20H38BNO3/c1-14-12-20(9,16(23)22-17(2,3)4)13-15(14)10-11-21-24-18(5,6)19(7,8)25-21/h14-15H,10-13H2,1-9H3,(H,22,23)/t14-,15-,20+/m0/s1. The van der Waals surface area contributed by atoms with Gasteiger partial charge in [-0.15, -0.1) is 0 Å². The van der Waals surface area contributed by atoms with Crippen LogP contribution in [0.1, 0.15) is 81.6 Å². The number of carbonyl (C=O) groups is 1. The Morgan fingerprint density at radius 1 is 1.08 bits per heavy atom. The molecule has 1 aliphatic heterocycles. The third-order valence-corrected chi connectivity index (χ3v) is 6.40. The molecule has 0 radical (unpaired) electrons. The molecular formula is C20H38BNO3. The van der Waals surface area contributed by atoms with Gasteiger partial charge in [0, 0.05) is 11.0 Å². The van der Waals surface area contributed by atoms with Gasteiger partial charge in [0.05, 0.1) is 11.2 Å². The molecule has 2 rings (SSSR count). The summed E-state index contributed by atoms with van der Waals surface area (Å²) in [6, 6.07) is 0. The Morgan fingerprint density at radius 3 is 2.08 bits per heavy atom. The van der Waals surface area contributed by atoms with E-state index in [1.165, 1.54) is 0 Å². The Kier molecular flexibility index (Phi) is 5.45. The monoisotopic (exact) mass is 351 g/mol. The Morgan fingerprint density at radius 2 is 1.60 bits per heavy atom. The van der Waals surface area contributed by atoms with E-state index in [0.29, 0.717) is 11.8 Å². The Labute approximate surface area is 154 Å². The van der Waals surface area contributed by atoms with Crippen molar-refractivity contribution in [1.29, 1.82) is 0 Å². The van der Waals surface area contributed by atoms with Crippen molar-refractivity contribution >= 4 is 13.0 Å². The van der Waals surface area contributed by atoms with E-state index in [2.05, 4.69) is 46.9 Å². The zero-order valence-corrected chi connectivity index (χ0v) is 17.8. The van der Waals surface area contributed by atoms with Crippen molar-refractivity contribution in [2.75, 3.05) is 0 Å². The predicted molar refractivity (Wildman–Crippen MR) is 103 cm³/mol. The molecule has 0 bridgehead atoms. The molecule has 1 saturated carbocycles. The van der Waals surface area contributed by atoms with E-state index >= 15 is 0 Å². The van der Waals surface area contributed by atoms with Crippen LogP contribution in [0.2, 0.25) is 6.32 Å². The molecule has 2 aliphatic rings. The van der Waals surface area contributed by atoms with Crippen LogP contribution in [0.4, 0.5) is 0 Å². The summed E-state index contributed by atoms with van der Waals surface area (Å²) in [6.07, 6.45) is 3.87. The minimum Gasteiger partial charge on any atom is -0.403 e. The zero-order valence-electron chi connectivity index (χ0n) is 17.8. The normalized spacial score (nSPS) is 34.4. The third-order valence-electron chi connectivity index (χ3n) is 6.40. The summed E-state index contributed by atoms with van der Waals surface area (Å²) < 4.78 is 12.2. The van der Waals surface area contributed by atoms with Gasteiger partial charge in [0.1, 0.15) is 0 Å². The summed E-state index contributed by atoms with van der Waals surface area (Å²) in [5, 5.41) is 3.17. The van der Waals surface area contributed by atoms with E-state index in [1.54, 1.807) is 0 Å². The highest BCUT2D eigenvalue weighted by molar-refractivity contribution is 6.45. The van der Waals surface area contributed by atoms with Gasteiger partial charge in [-0.2, -0.15) is 0 Å². The van der Waals surface area contributed by atoms with Gasteiger partial charge in [-0.25, -0.2) is 0 Å². The minimum absolute atomic E-state index is 0.132. The average molecular weight is 351 g/mol. The fourth-order valence-electron chi connectivity index (χ4n) is 4.24. The molecule has 0 aromatic carbocycles. The lowest BCUT2D eigenvalue weighted by atomic mass is 9.77. The fourth-order valence-corrected chi connectivity index (χ4v) is 4.24. The molecular weight excluding hydrogens is 313 g/mol. The number of carbonyl (C=O) groups excluding carboxylic acids is 1. The van der Waals surface area contributed by atoms with Gasteiger partial charge >= 0.3 is 7.12 Å². The predicted octanol–water partition coefficient (Wildman–Crippen LogP) is 4.44. The molecule has 0 unspecified atom stereocenters. The van der Waals surface area contributed by atoms with Crippen LogP contribution in [0.5, 0.6) is 0 Å². The van der Waals surface area contributed by atoms with Crippen molar-refractivity contribution in [2.45, 2.75) is 105 Å². The first-order chi connectivity index (χ1) is 11.2. The summed E-state index contributed by atoms with van der Waals surface area (Å²) in [4.78, 5) is 12.7. The average Bonchev–Trinajstić information content (AvgIpc) is 2.79. The van der Waals surface area contributed by atoms with Crippen molar-refractivity contribution in [3.05, 3.63) is 0 Å². The van der Waals surface area contributed by atoms with Crippen molar-refractivity contribution < 1.29 is 14.1 Å². The first kappa shape index (κ1) is 20.8. The Bertz CT molecular complexity index is 496. The topological polar surface area (TPSA) is 47.6 Å². The highest BCUT2D eigenvalue weighted by Crippen LogP contribution is 2.48. The van der Waals surface area contributed by atoms with E-state index in [-0.39, 0.29) is 35.2 Å². The maximum Gasteiger partial charge on any atom is 0.457 e. The first-order valence-electron chi connectivity index (χ1n) is 9.83. The molecule has 1 saturated heterocycles. The van der Waals surface area contributed by atoms with Crippen molar-refractivity contribution in [1.82, 2.24) is 5.32 Å². The molecule has 3 atom stereocenters. The summed E-state index contributed by atoms with van der Waals surface area (Å²) in [5.74, 6) is 1.30. The second-order valence-electron chi connectivity index (χ2n) is 10.7. The van der Waals surface area contributed by atoms with Crippen LogP contribution in [0, 0.1) is 17.3 Å². The molecule has 0 spiro atoms. The van der Waals surface area contributed by atoms with Crippen LogP contribution in [-0.2, 0) is 14.1 Å². The maximum atomic E-state index is 12.7. The van der Waals surface area contributed by atoms with Crippen LogP contribution in [-0.4, -0.2) is 29.8 Å². The van der Waals surface area contributed by atoms with Crippen LogP contribution >= 0.6 is 0 Å².